The Morgan fingerprint density at radius 1 is 1.00 bits per heavy atom. The molecule has 5 nitrogen and oxygen atoms in total. The van der Waals surface area contributed by atoms with Crippen LogP contribution in [0.5, 0.6) is 5.75 Å². The average Bonchev–Trinajstić information content (AvgIpc) is 2.70. The van der Waals surface area contributed by atoms with Crippen LogP contribution in [0.4, 0.5) is 0 Å². The fraction of sp³-hybridized carbons (Fsp3) is 0.273. The maximum absolute atomic E-state index is 11.5. The lowest BCUT2D eigenvalue weighted by Crippen LogP contribution is -2.04. The van der Waals surface area contributed by atoms with Gasteiger partial charge >= 0.3 is 5.97 Å². The van der Waals surface area contributed by atoms with Gasteiger partial charge in [0, 0.05) is 12.0 Å². The van der Waals surface area contributed by atoms with E-state index in [0.29, 0.717) is 17.9 Å². The number of fused-ring (bicyclic) bond motifs is 1. The summed E-state index contributed by atoms with van der Waals surface area (Å²) in [5.41, 5.74) is 2.58. The topological polar surface area (TPSA) is 79.7 Å². The van der Waals surface area contributed by atoms with Crippen LogP contribution in [0, 0.1) is 0 Å². The van der Waals surface area contributed by atoms with Crippen LogP contribution in [0.1, 0.15) is 40.9 Å². The molecule has 0 aliphatic rings. The van der Waals surface area contributed by atoms with Gasteiger partial charge in [-0.3, -0.25) is 0 Å². The number of para-hydroxylation sites is 1. The molecule has 0 fully saturated rings. The number of rotatable bonds is 9. The number of pyridine rings is 1. The molecular weight excluding hydrogens is 342 g/mol. The molecule has 2 aromatic carbocycles. The van der Waals surface area contributed by atoms with Gasteiger partial charge in [-0.05, 0) is 42.5 Å². The summed E-state index contributed by atoms with van der Waals surface area (Å²) in [6.07, 6.45) is 3.27. The minimum Gasteiger partial charge on any atom is -0.487 e. The lowest BCUT2D eigenvalue weighted by molar-refractivity contribution is 0.0691. The van der Waals surface area contributed by atoms with Gasteiger partial charge in [0.05, 0.1) is 0 Å². The average molecular weight is 365 g/mol. The van der Waals surface area contributed by atoms with E-state index in [4.69, 9.17) is 9.84 Å². The van der Waals surface area contributed by atoms with Gasteiger partial charge in [-0.1, -0.05) is 48.9 Å². The van der Waals surface area contributed by atoms with Crippen LogP contribution in [0.2, 0.25) is 0 Å². The number of carboxylic acid groups (broad SMARTS) is 1. The van der Waals surface area contributed by atoms with Crippen molar-refractivity contribution in [1.82, 2.24) is 4.98 Å². The van der Waals surface area contributed by atoms with Crippen LogP contribution < -0.4 is 4.74 Å². The molecule has 0 aliphatic heterocycles. The largest absolute Gasteiger partial charge is 0.487 e. The first-order chi connectivity index (χ1) is 13.2. The highest BCUT2D eigenvalue weighted by atomic mass is 16.5. The Balaban J connectivity index is 1.92. The molecule has 0 saturated heterocycles. The summed E-state index contributed by atoms with van der Waals surface area (Å²) in [5.74, 6) is -0.470. The van der Waals surface area contributed by atoms with Crippen molar-refractivity contribution in [3.63, 3.8) is 0 Å². The SMILES string of the molecule is O=C(O)c1cc(CCCCCO)c2cccc(OCc3ccccc3)c2n1. The second-order valence-electron chi connectivity index (χ2n) is 6.43. The zero-order chi connectivity index (χ0) is 19.1. The summed E-state index contributed by atoms with van der Waals surface area (Å²) >= 11 is 0. The molecule has 140 valence electrons. The second-order valence-corrected chi connectivity index (χ2v) is 6.43. The molecule has 1 aromatic heterocycles. The van der Waals surface area contributed by atoms with E-state index in [9.17, 15) is 9.90 Å². The molecule has 0 spiro atoms. The number of carboxylic acids is 1. The molecule has 0 saturated carbocycles. The molecular formula is C22H23NO4. The molecule has 27 heavy (non-hydrogen) atoms. The Bertz CT molecular complexity index is 909. The molecule has 3 aromatic rings. The predicted octanol–water partition coefficient (Wildman–Crippen LogP) is 4.22. The molecule has 0 unspecified atom stereocenters. The molecule has 0 aliphatic carbocycles. The van der Waals surface area contributed by atoms with Crippen molar-refractivity contribution in [3.05, 3.63) is 71.4 Å². The summed E-state index contributed by atoms with van der Waals surface area (Å²) in [5, 5.41) is 19.3. The molecule has 0 atom stereocenters. The third-order valence-electron chi connectivity index (χ3n) is 4.45. The van der Waals surface area contributed by atoms with Gasteiger partial charge in [0.25, 0.3) is 0 Å². The van der Waals surface area contributed by atoms with Crippen molar-refractivity contribution in [2.75, 3.05) is 6.61 Å². The van der Waals surface area contributed by atoms with Crippen LogP contribution in [0.25, 0.3) is 10.9 Å². The van der Waals surface area contributed by atoms with E-state index in [-0.39, 0.29) is 12.3 Å². The Kier molecular flexibility index (Phi) is 6.39. The normalized spacial score (nSPS) is 10.9. The first-order valence-electron chi connectivity index (χ1n) is 9.12. The highest BCUT2D eigenvalue weighted by molar-refractivity contribution is 5.93. The smallest absolute Gasteiger partial charge is 0.354 e. The van der Waals surface area contributed by atoms with Gasteiger partial charge < -0.3 is 14.9 Å². The Morgan fingerprint density at radius 3 is 2.56 bits per heavy atom. The van der Waals surface area contributed by atoms with Crippen LogP contribution >= 0.6 is 0 Å². The maximum atomic E-state index is 11.5. The molecule has 0 radical (unpaired) electrons. The van der Waals surface area contributed by atoms with Crippen LogP contribution in [0.3, 0.4) is 0 Å². The van der Waals surface area contributed by atoms with E-state index in [1.807, 2.05) is 48.5 Å². The maximum Gasteiger partial charge on any atom is 0.354 e. The molecule has 0 bridgehead atoms. The number of unbranched alkanes of at least 4 members (excludes halogenated alkanes) is 2. The van der Waals surface area contributed by atoms with Gasteiger partial charge in [0.1, 0.15) is 23.6 Å². The number of carbonyl (C=O) groups is 1. The van der Waals surface area contributed by atoms with Gasteiger partial charge in [-0.15, -0.1) is 0 Å². The van der Waals surface area contributed by atoms with Gasteiger partial charge in [-0.25, -0.2) is 9.78 Å². The van der Waals surface area contributed by atoms with E-state index in [1.54, 1.807) is 6.07 Å². The fourth-order valence-corrected chi connectivity index (χ4v) is 3.06. The standard InChI is InChI=1S/C22H23NO4/c24-13-6-2-5-10-17-14-19(22(25)26)23-21-18(17)11-7-12-20(21)27-15-16-8-3-1-4-9-16/h1,3-4,7-9,11-12,14,24H,2,5-6,10,13,15H2,(H,25,26). The van der Waals surface area contributed by atoms with Crippen LogP contribution in [-0.4, -0.2) is 27.8 Å². The summed E-state index contributed by atoms with van der Waals surface area (Å²) in [6, 6.07) is 17.1. The zero-order valence-electron chi connectivity index (χ0n) is 15.1. The highest BCUT2D eigenvalue weighted by Crippen LogP contribution is 2.29. The lowest BCUT2D eigenvalue weighted by Gasteiger charge is -2.12. The lowest BCUT2D eigenvalue weighted by atomic mass is 10.0. The number of hydrogen-bond acceptors (Lipinski definition) is 4. The predicted molar refractivity (Wildman–Crippen MR) is 104 cm³/mol. The number of aromatic carboxylic acids is 1. The molecule has 1 heterocycles. The van der Waals surface area contributed by atoms with Gasteiger partial charge in [-0.2, -0.15) is 0 Å². The minimum atomic E-state index is -1.05. The fourth-order valence-electron chi connectivity index (χ4n) is 3.06. The summed E-state index contributed by atoms with van der Waals surface area (Å²) in [6.45, 7) is 0.569. The molecule has 0 amide bonds. The number of aryl methyl sites for hydroxylation is 1. The number of ether oxygens (including phenoxy) is 1. The highest BCUT2D eigenvalue weighted by Gasteiger charge is 2.14. The van der Waals surface area contributed by atoms with Gasteiger partial charge in [0.2, 0.25) is 0 Å². The van der Waals surface area contributed by atoms with E-state index in [1.165, 1.54) is 0 Å². The summed E-state index contributed by atoms with van der Waals surface area (Å²) in [4.78, 5) is 15.9. The second kappa shape index (κ2) is 9.14. The summed E-state index contributed by atoms with van der Waals surface area (Å²) in [7, 11) is 0. The monoisotopic (exact) mass is 365 g/mol. The van der Waals surface area contributed by atoms with E-state index < -0.39 is 5.97 Å². The van der Waals surface area contributed by atoms with Crippen molar-refractivity contribution >= 4 is 16.9 Å². The minimum absolute atomic E-state index is 0.0235. The first-order valence-corrected chi connectivity index (χ1v) is 9.12. The van der Waals surface area contributed by atoms with Crippen LogP contribution in [-0.2, 0) is 13.0 Å². The molecule has 5 heteroatoms. The Morgan fingerprint density at radius 2 is 1.81 bits per heavy atom. The zero-order valence-corrected chi connectivity index (χ0v) is 15.1. The summed E-state index contributed by atoms with van der Waals surface area (Å²) < 4.78 is 5.95. The van der Waals surface area contributed by atoms with Crippen LogP contribution in [0.15, 0.2) is 54.6 Å². The van der Waals surface area contributed by atoms with Crippen molar-refractivity contribution in [1.29, 1.82) is 0 Å². The van der Waals surface area contributed by atoms with Crippen molar-refractivity contribution < 1.29 is 19.7 Å². The Labute approximate surface area is 158 Å². The number of aliphatic hydroxyl groups is 1. The number of hydrogen-bond donors (Lipinski definition) is 2. The van der Waals surface area contributed by atoms with Gasteiger partial charge in [0.15, 0.2) is 0 Å². The Hall–Kier alpha value is -2.92. The number of aromatic nitrogens is 1. The van der Waals surface area contributed by atoms with E-state index in [0.717, 1.165) is 42.2 Å². The van der Waals surface area contributed by atoms with E-state index >= 15 is 0 Å². The third kappa shape index (κ3) is 4.83. The quantitative estimate of drug-likeness (QED) is 0.555. The van der Waals surface area contributed by atoms with Crippen molar-refractivity contribution in [2.24, 2.45) is 0 Å². The third-order valence-corrected chi connectivity index (χ3v) is 4.45. The molecule has 3 rings (SSSR count). The van der Waals surface area contributed by atoms with Crippen molar-refractivity contribution in [3.8, 4) is 5.75 Å². The first kappa shape index (κ1) is 18.9. The molecule has 2 N–H and O–H groups in total. The van der Waals surface area contributed by atoms with Crippen molar-refractivity contribution in [2.45, 2.75) is 32.3 Å². The van der Waals surface area contributed by atoms with E-state index in [2.05, 4.69) is 4.98 Å². The number of nitrogens with zero attached hydrogens (tertiary/aromatic N) is 1. The number of aliphatic hydroxyl groups excluding tert-OH is 1. The number of benzene rings is 2.